The third kappa shape index (κ3) is 8.30. The minimum Gasteiger partial charge on any atom is -0.492 e. The Hall–Kier alpha value is -1.85. The fraction of sp³-hybridized carbons (Fsp3) is 0.409. The number of rotatable bonds is 9. The molecule has 0 aliphatic heterocycles. The van der Waals surface area contributed by atoms with Gasteiger partial charge in [0.05, 0.1) is 11.4 Å². The predicted octanol–water partition coefficient (Wildman–Crippen LogP) is 3.39. The molecule has 0 aliphatic rings. The lowest BCUT2D eigenvalue weighted by Crippen LogP contribution is -2.38. The Labute approximate surface area is 203 Å². The van der Waals surface area contributed by atoms with Gasteiger partial charge in [-0.05, 0) is 50.6 Å². The molecule has 2 aromatic carbocycles. The third-order valence-corrected chi connectivity index (χ3v) is 6.74. The molecule has 0 saturated heterocycles. The van der Waals surface area contributed by atoms with E-state index in [4.69, 9.17) is 4.74 Å². The van der Waals surface area contributed by atoms with E-state index in [1.165, 1.54) is 9.87 Å². The van der Waals surface area contributed by atoms with Gasteiger partial charge in [0.1, 0.15) is 12.4 Å². The summed E-state index contributed by atoms with van der Waals surface area (Å²) in [6.07, 6.45) is 0. The van der Waals surface area contributed by atoms with Crippen LogP contribution in [0.15, 0.2) is 58.4 Å². The number of guanidine groups is 1. The molecule has 0 atom stereocenters. The zero-order valence-electron chi connectivity index (χ0n) is 18.8. The highest BCUT2D eigenvalue weighted by molar-refractivity contribution is 14.0. The lowest BCUT2D eigenvalue weighted by Gasteiger charge is -2.21. The van der Waals surface area contributed by atoms with Gasteiger partial charge in [0.15, 0.2) is 5.96 Å². The van der Waals surface area contributed by atoms with E-state index in [0.717, 1.165) is 11.3 Å². The van der Waals surface area contributed by atoms with E-state index in [1.54, 1.807) is 26.2 Å². The van der Waals surface area contributed by atoms with Crippen LogP contribution in [0.3, 0.4) is 0 Å². The molecule has 7 nitrogen and oxygen atoms in total. The molecule has 0 aliphatic carbocycles. The summed E-state index contributed by atoms with van der Waals surface area (Å²) in [5.74, 6) is 1.49. The minimum absolute atomic E-state index is 0. The predicted molar refractivity (Wildman–Crippen MR) is 137 cm³/mol. The van der Waals surface area contributed by atoms with Crippen LogP contribution in [0.4, 0.5) is 0 Å². The van der Waals surface area contributed by atoms with Crippen molar-refractivity contribution in [3.8, 4) is 5.75 Å². The smallest absolute Gasteiger partial charge is 0.243 e. The van der Waals surface area contributed by atoms with Crippen LogP contribution in [-0.4, -0.2) is 52.0 Å². The topological polar surface area (TPSA) is 83.0 Å². The van der Waals surface area contributed by atoms with E-state index in [0.29, 0.717) is 30.6 Å². The second-order valence-corrected chi connectivity index (χ2v) is 9.27. The fourth-order valence-electron chi connectivity index (χ4n) is 2.60. The summed E-state index contributed by atoms with van der Waals surface area (Å²) in [5.41, 5.74) is 2.16. The zero-order chi connectivity index (χ0) is 22.1. The lowest BCUT2D eigenvalue weighted by molar-refractivity contribution is 0.322. The molecule has 2 rings (SSSR count). The molecule has 2 aromatic rings. The normalized spacial score (nSPS) is 11.9. The largest absolute Gasteiger partial charge is 0.492 e. The Morgan fingerprint density at radius 2 is 1.68 bits per heavy atom. The van der Waals surface area contributed by atoms with Crippen LogP contribution in [0, 0.1) is 6.92 Å². The Balaban J connectivity index is 0.00000480. The summed E-state index contributed by atoms with van der Waals surface area (Å²) in [6, 6.07) is 14.7. The van der Waals surface area contributed by atoms with Crippen molar-refractivity contribution >= 4 is 40.0 Å². The van der Waals surface area contributed by atoms with Crippen molar-refractivity contribution in [3.63, 3.8) is 0 Å². The Bertz CT molecular complexity index is 930. The number of nitrogens with one attached hydrogen (secondary N) is 2. The number of hydrogen-bond donors (Lipinski definition) is 2. The van der Waals surface area contributed by atoms with Crippen molar-refractivity contribution in [3.05, 3.63) is 59.7 Å². The van der Waals surface area contributed by atoms with Crippen molar-refractivity contribution in [1.29, 1.82) is 0 Å². The maximum atomic E-state index is 12.5. The molecular formula is C22H33IN4O3S. The molecule has 2 N–H and O–H groups in total. The van der Waals surface area contributed by atoms with Gasteiger partial charge in [0.2, 0.25) is 10.0 Å². The monoisotopic (exact) mass is 560 g/mol. The summed E-state index contributed by atoms with van der Waals surface area (Å²) >= 11 is 0. The maximum absolute atomic E-state index is 12.5. The number of sulfonamides is 1. The number of nitrogens with zero attached hydrogens (tertiary/aromatic N) is 2. The van der Waals surface area contributed by atoms with Gasteiger partial charge < -0.3 is 15.4 Å². The Morgan fingerprint density at radius 1 is 1.06 bits per heavy atom. The van der Waals surface area contributed by atoms with E-state index in [2.05, 4.69) is 15.6 Å². The van der Waals surface area contributed by atoms with E-state index >= 15 is 0 Å². The first-order valence-corrected chi connectivity index (χ1v) is 11.4. The molecule has 31 heavy (non-hydrogen) atoms. The van der Waals surface area contributed by atoms with Crippen molar-refractivity contribution in [2.75, 3.05) is 27.2 Å². The SMILES string of the molecule is CN=C(NCCOc1ccc(C)cc1)NCc1ccc(S(=O)(=O)N(C)C(C)C)cc1.I. The van der Waals surface area contributed by atoms with Crippen LogP contribution in [0.2, 0.25) is 0 Å². The van der Waals surface area contributed by atoms with Crippen LogP contribution in [0.1, 0.15) is 25.0 Å². The van der Waals surface area contributed by atoms with Crippen molar-refractivity contribution in [2.45, 2.75) is 38.3 Å². The molecule has 0 saturated carbocycles. The molecule has 0 bridgehead atoms. The van der Waals surface area contributed by atoms with Crippen LogP contribution < -0.4 is 15.4 Å². The summed E-state index contributed by atoms with van der Waals surface area (Å²) in [6.45, 7) is 7.38. The van der Waals surface area contributed by atoms with Crippen LogP contribution in [-0.2, 0) is 16.6 Å². The molecule has 0 fully saturated rings. The highest BCUT2D eigenvalue weighted by Crippen LogP contribution is 2.17. The Kier molecular flexibility index (Phi) is 11.3. The number of aliphatic imine (C=N–C) groups is 1. The fourth-order valence-corrected chi connectivity index (χ4v) is 3.97. The van der Waals surface area contributed by atoms with Gasteiger partial charge in [-0.25, -0.2) is 8.42 Å². The first kappa shape index (κ1) is 27.2. The quantitative estimate of drug-likeness (QED) is 0.213. The summed E-state index contributed by atoms with van der Waals surface area (Å²) in [7, 11) is -0.175. The molecule has 0 radical (unpaired) electrons. The molecular weight excluding hydrogens is 527 g/mol. The molecule has 172 valence electrons. The average Bonchev–Trinajstić information content (AvgIpc) is 2.74. The second-order valence-electron chi connectivity index (χ2n) is 7.27. The van der Waals surface area contributed by atoms with Gasteiger partial charge in [0, 0.05) is 26.7 Å². The van der Waals surface area contributed by atoms with Crippen molar-refractivity contribution in [1.82, 2.24) is 14.9 Å². The van der Waals surface area contributed by atoms with Gasteiger partial charge >= 0.3 is 0 Å². The van der Waals surface area contributed by atoms with Gasteiger partial charge in [-0.1, -0.05) is 29.8 Å². The van der Waals surface area contributed by atoms with E-state index in [-0.39, 0.29) is 30.0 Å². The van der Waals surface area contributed by atoms with Gasteiger partial charge in [-0.2, -0.15) is 4.31 Å². The first-order valence-electron chi connectivity index (χ1n) is 9.95. The number of hydrogen-bond acceptors (Lipinski definition) is 4. The zero-order valence-corrected chi connectivity index (χ0v) is 21.9. The van der Waals surface area contributed by atoms with Gasteiger partial charge in [-0.15, -0.1) is 24.0 Å². The molecule has 0 amide bonds. The minimum atomic E-state index is -3.47. The number of ether oxygens (including phenoxy) is 1. The summed E-state index contributed by atoms with van der Waals surface area (Å²) in [5, 5.41) is 6.41. The molecule has 9 heteroatoms. The standard InChI is InChI=1S/C22H32N4O3S.HI/c1-17(2)26(5)30(27,28)21-12-8-19(9-13-21)16-25-22(23-4)24-14-15-29-20-10-6-18(3)7-11-20;/h6-13,17H,14-16H2,1-5H3,(H2,23,24,25);1H. The Morgan fingerprint density at radius 3 is 2.23 bits per heavy atom. The molecule has 0 spiro atoms. The number of halogens is 1. The van der Waals surface area contributed by atoms with Crippen molar-refractivity contribution < 1.29 is 13.2 Å². The number of benzene rings is 2. The molecule has 0 aromatic heterocycles. The van der Waals surface area contributed by atoms with Crippen molar-refractivity contribution in [2.24, 2.45) is 4.99 Å². The number of aryl methyl sites for hydroxylation is 1. The van der Waals surface area contributed by atoms with E-state index < -0.39 is 10.0 Å². The van der Waals surface area contributed by atoms with E-state index in [9.17, 15) is 8.42 Å². The van der Waals surface area contributed by atoms with Gasteiger partial charge in [0.25, 0.3) is 0 Å². The summed E-state index contributed by atoms with van der Waals surface area (Å²) in [4.78, 5) is 4.49. The molecule has 0 heterocycles. The highest BCUT2D eigenvalue weighted by atomic mass is 127. The van der Waals surface area contributed by atoms with Crippen LogP contribution in [0.5, 0.6) is 5.75 Å². The third-order valence-electron chi connectivity index (χ3n) is 4.70. The van der Waals surface area contributed by atoms with Crippen LogP contribution >= 0.6 is 24.0 Å². The second kappa shape index (κ2) is 12.9. The first-order chi connectivity index (χ1) is 14.2. The lowest BCUT2D eigenvalue weighted by atomic mass is 10.2. The summed E-state index contributed by atoms with van der Waals surface area (Å²) < 4.78 is 32.1. The van der Waals surface area contributed by atoms with Crippen LogP contribution in [0.25, 0.3) is 0 Å². The highest BCUT2D eigenvalue weighted by Gasteiger charge is 2.22. The average molecular weight is 561 g/mol. The van der Waals surface area contributed by atoms with Gasteiger partial charge in [-0.3, -0.25) is 4.99 Å². The van der Waals surface area contributed by atoms with E-state index in [1.807, 2.05) is 57.2 Å². The maximum Gasteiger partial charge on any atom is 0.243 e. The molecule has 0 unspecified atom stereocenters.